The van der Waals surface area contributed by atoms with Crippen LogP contribution in [0.5, 0.6) is 5.75 Å². The van der Waals surface area contributed by atoms with Crippen LogP contribution < -0.4 is 0 Å². The summed E-state index contributed by atoms with van der Waals surface area (Å²) in [5.41, 5.74) is 2.23. The Morgan fingerprint density at radius 3 is 2.31 bits per heavy atom. The molecule has 0 fully saturated rings. The van der Waals surface area contributed by atoms with E-state index in [1.165, 1.54) is 5.56 Å². The first-order valence-corrected chi connectivity index (χ1v) is 6.79. The minimum absolute atomic E-state index is 0.419. The van der Waals surface area contributed by atoms with Crippen LogP contribution in [0.15, 0.2) is 16.6 Å². The highest BCUT2D eigenvalue weighted by Gasteiger charge is 2.14. The third-order valence-corrected chi connectivity index (χ3v) is 3.71. The Labute approximate surface area is 107 Å². The third-order valence-electron chi connectivity index (χ3n) is 3.02. The first-order valence-electron chi connectivity index (χ1n) is 5.99. The lowest BCUT2D eigenvalue weighted by molar-refractivity contribution is 0.458. The van der Waals surface area contributed by atoms with Crippen LogP contribution in [-0.4, -0.2) is 5.11 Å². The van der Waals surface area contributed by atoms with Crippen LogP contribution in [0.2, 0.25) is 0 Å². The molecule has 0 amide bonds. The van der Waals surface area contributed by atoms with Gasteiger partial charge in [-0.3, -0.25) is 0 Å². The second-order valence-electron chi connectivity index (χ2n) is 4.78. The maximum atomic E-state index is 10.0. The molecule has 0 saturated heterocycles. The summed E-state index contributed by atoms with van der Waals surface area (Å²) < 4.78 is 1.11. The van der Waals surface area contributed by atoms with Crippen LogP contribution >= 0.6 is 15.9 Å². The summed E-state index contributed by atoms with van der Waals surface area (Å²) in [6.07, 6.45) is 2.26. The van der Waals surface area contributed by atoms with Gasteiger partial charge in [-0.1, -0.05) is 50.0 Å². The number of rotatable bonds is 4. The number of hydrogen-bond donors (Lipinski definition) is 1. The summed E-state index contributed by atoms with van der Waals surface area (Å²) in [6.45, 7) is 8.61. The summed E-state index contributed by atoms with van der Waals surface area (Å²) in [5.74, 6) is 1.28. The molecule has 0 spiro atoms. The van der Waals surface area contributed by atoms with Gasteiger partial charge in [0, 0.05) is 4.47 Å². The van der Waals surface area contributed by atoms with Gasteiger partial charge < -0.3 is 5.11 Å². The van der Waals surface area contributed by atoms with Crippen molar-refractivity contribution >= 4 is 15.9 Å². The molecule has 1 rings (SSSR count). The molecule has 1 nitrogen and oxygen atoms in total. The highest BCUT2D eigenvalue weighted by molar-refractivity contribution is 9.10. The normalized spacial score (nSPS) is 13.1. The van der Waals surface area contributed by atoms with E-state index in [0.717, 1.165) is 22.9 Å². The van der Waals surface area contributed by atoms with Gasteiger partial charge >= 0.3 is 0 Å². The fourth-order valence-corrected chi connectivity index (χ4v) is 2.84. The quantitative estimate of drug-likeness (QED) is 0.808. The summed E-state index contributed by atoms with van der Waals surface area (Å²) in [4.78, 5) is 0. The Morgan fingerprint density at radius 2 is 1.81 bits per heavy atom. The van der Waals surface area contributed by atoms with Crippen LogP contribution in [0.3, 0.4) is 0 Å². The van der Waals surface area contributed by atoms with Crippen LogP contribution in [0.25, 0.3) is 0 Å². The molecule has 2 heteroatoms. The minimum atomic E-state index is 0.419. The van der Waals surface area contributed by atoms with E-state index in [9.17, 15) is 5.11 Å². The summed E-state index contributed by atoms with van der Waals surface area (Å²) >= 11 is 3.59. The molecule has 0 bridgehead atoms. The van der Waals surface area contributed by atoms with Gasteiger partial charge in [-0.25, -0.2) is 0 Å². The van der Waals surface area contributed by atoms with Crippen LogP contribution in [0, 0.1) is 0 Å². The molecule has 16 heavy (non-hydrogen) atoms. The van der Waals surface area contributed by atoms with Gasteiger partial charge in [-0.05, 0) is 41.5 Å². The second-order valence-corrected chi connectivity index (χ2v) is 5.63. The molecule has 1 unspecified atom stereocenters. The summed E-state index contributed by atoms with van der Waals surface area (Å²) in [7, 11) is 0. The predicted molar refractivity (Wildman–Crippen MR) is 73.2 cm³/mol. The molecule has 0 saturated carbocycles. The molecule has 0 radical (unpaired) electrons. The van der Waals surface area contributed by atoms with Crippen LogP contribution in [-0.2, 0) is 0 Å². The molecule has 1 atom stereocenters. The van der Waals surface area contributed by atoms with Crippen molar-refractivity contribution in [2.24, 2.45) is 0 Å². The average molecular weight is 285 g/mol. The summed E-state index contributed by atoms with van der Waals surface area (Å²) in [6, 6.07) is 3.97. The Kier molecular flexibility index (Phi) is 4.85. The first kappa shape index (κ1) is 13.6. The molecular formula is C14H21BrO. The lowest BCUT2D eigenvalue weighted by Gasteiger charge is -2.16. The smallest absolute Gasteiger partial charge is 0.119 e. The SMILES string of the molecule is CCCC(C)c1cc(Br)c(C(C)C)cc1O. The van der Waals surface area contributed by atoms with Gasteiger partial charge in [0.15, 0.2) is 0 Å². The highest BCUT2D eigenvalue weighted by Crippen LogP contribution is 2.36. The fraction of sp³-hybridized carbons (Fsp3) is 0.571. The molecule has 1 aromatic carbocycles. The number of hydrogen-bond acceptors (Lipinski definition) is 1. The van der Waals surface area contributed by atoms with Gasteiger partial charge in [0.2, 0.25) is 0 Å². The fourth-order valence-electron chi connectivity index (χ4n) is 2.02. The molecule has 0 aliphatic carbocycles. The number of halogens is 1. The van der Waals surface area contributed by atoms with Crippen molar-refractivity contribution in [2.75, 3.05) is 0 Å². The maximum Gasteiger partial charge on any atom is 0.119 e. The minimum Gasteiger partial charge on any atom is -0.508 e. The number of phenols is 1. The van der Waals surface area contributed by atoms with E-state index in [-0.39, 0.29) is 0 Å². The van der Waals surface area contributed by atoms with Gasteiger partial charge in [-0.2, -0.15) is 0 Å². The molecule has 1 N–H and O–H groups in total. The largest absolute Gasteiger partial charge is 0.508 e. The van der Waals surface area contributed by atoms with Crippen LogP contribution in [0.1, 0.15) is 63.5 Å². The van der Waals surface area contributed by atoms with E-state index < -0.39 is 0 Å². The Morgan fingerprint density at radius 1 is 1.19 bits per heavy atom. The van der Waals surface area contributed by atoms with E-state index in [2.05, 4.69) is 49.7 Å². The van der Waals surface area contributed by atoms with Crippen molar-refractivity contribution < 1.29 is 5.11 Å². The van der Waals surface area contributed by atoms with Crippen molar-refractivity contribution in [1.29, 1.82) is 0 Å². The van der Waals surface area contributed by atoms with E-state index in [1.807, 2.05) is 6.07 Å². The van der Waals surface area contributed by atoms with Crippen molar-refractivity contribution in [1.82, 2.24) is 0 Å². The van der Waals surface area contributed by atoms with Gasteiger partial charge in [0.25, 0.3) is 0 Å². The van der Waals surface area contributed by atoms with E-state index in [4.69, 9.17) is 0 Å². The zero-order chi connectivity index (χ0) is 12.3. The van der Waals surface area contributed by atoms with Crippen molar-refractivity contribution in [3.8, 4) is 5.75 Å². The Bertz CT molecular complexity index is 358. The lowest BCUT2D eigenvalue weighted by Crippen LogP contribution is -1.97. The molecule has 0 aromatic heterocycles. The topological polar surface area (TPSA) is 20.2 Å². The highest BCUT2D eigenvalue weighted by atomic mass is 79.9. The molecule has 1 aromatic rings. The molecule has 0 aliphatic rings. The van der Waals surface area contributed by atoms with E-state index in [1.54, 1.807) is 0 Å². The third kappa shape index (κ3) is 3.00. The van der Waals surface area contributed by atoms with Gasteiger partial charge in [0.05, 0.1) is 0 Å². The standard InChI is InChI=1S/C14H21BrO/c1-5-6-10(4)12-7-13(15)11(9(2)3)8-14(12)16/h7-10,16H,5-6H2,1-4H3. The zero-order valence-electron chi connectivity index (χ0n) is 10.5. The van der Waals surface area contributed by atoms with Gasteiger partial charge in [-0.15, -0.1) is 0 Å². The molecule has 90 valence electrons. The number of phenolic OH excluding ortho intramolecular Hbond substituents is 1. The first-order chi connectivity index (χ1) is 7.47. The summed E-state index contributed by atoms with van der Waals surface area (Å²) in [5, 5.41) is 10.0. The predicted octanol–water partition coefficient (Wildman–Crippen LogP) is 5.18. The lowest BCUT2D eigenvalue weighted by atomic mass is 9.92. The van der Waals surface area contributed by atoms with Gasteiger partial charge in [0.1, 0.15) is 5.75 Å². The van der Waals surface area contributed by atoms with E-state index >= 15 is 0 Å². The Balaban J connectivity index is 3.10. The van der Waals surface area contributed by atoms with Crippen molar-refractivity contribution in [3.05, 3.63) is 27.7 Å². The maximum absolute atomic E-state index is 10.0. The van der Waals surface area contributed by atoms with Crippen molar-refractivity contribution in [3.63, 3.8) is 0 Å². The molecule has 0 aliphatic heterocycles. The van der Waals surface area contributed by atoms with Crippen LogP contribution in [0.4, 0.5) is 0 Å². The van der Waals surface area contributed by atoms with E-state index in [0.29, 0.717) is 17.6 Å². The monoisotopic (exact) mass is 284 g/mol. The Hall–Kier alpha value is -0.500. The number of benzene rings is 1. The molecule has 0 heterocycles. The zero-order valence-corrected chi connectivity index (χ0v) is 12.1. The average Bonchev–Trinajstić information content (AvgIpc) is 2.20. The van der Waals surface area contributed by atoms with Crippen molar-refractivity contribution in [2.45, 2.75) is 52.4 Å². The second kappa shape index (κ2) is 5.72. The number of aromatic hydroxyl groups is 1. The molecular weight excluding hydrogens is 264 g/mol.